The van der Waals surface area contributed by atoms with Gasteiger partial charge in [-0.2, -0.15) is 0 Å². The van der Waals surface area contributed by atoms with Crippen LogP contribution in [0.2, 0.25) is 0 Å². The van der Waals surface area contributed by atoms with Crippen molar-refractivity contribution in [3.63, 3.8) is 0 Å². The van der Waals surface area contributed by atoms with E-state index >= 15 is 0 Å². The molecular formula is C20H39ClO. The third kappa shape index (κ3) is 16.3. The van der Waals surface area contributed by atoms with Gasteiger partial charge in [0.1, 0.15) is 5.78 Å². The number of Topliss-reactive ketones (excluding diaryl/α,β-unsaturated/α-hetero) is 1. The molecule has 0 amide bonds. The lowest BCUT2D eigenvalue weighted by molar-refractivity contribution is -0.118. The Hall–Kier alpha value is -0.0400. The van der Waals surface area contributed by atoms with Crippen molar-refractivity contribution < 1.29 is 4.79 Å². The maximum Gasteiger partial charge on any atom is 0.150 e. The minimum atomic E-state index is -0.301. The summed E-state index contributed by atoms with van der Waals surface area (Å²) in [6.07, 6.45) is 18.2. The van der Waals surface area contributed by atoms with Gasteiger partial charge in [-0.3, -0.25) is 4.79 Å². The highest BCUT2D eigenvalue weighted by atomic mass is 35.5. The van der Waals surface area contributed by atoms with Gasteiger partial charge >= 0.3 is 0 Å². The SMILES string of the molecule is CC(C)CCCCCCCCCCCCCCC(=O)C(C)Cl. The fourth-order valence-electron chi connectivity index (χ4n) is 2.82. The fraction of sp³-hybridized carbons (Fsp3) is 0.950. The Balaban J connectivity index is 3.07. The largest absolute Gasteiger partial charge is 0.298 e. The zero-order valence-electron chi connectivity index (χ0n) is 15.3. The van der Waals surface area contributed by atoms with E-state index in [0.29, 0.717) is 6.42 Å². The smallest absolute Gasteiger partial charge is 0.150 e. The van der Waals surface area contributed by atoms with Gasteiger partial charge in [0.25, 0.3) is 0 Å². The van der Waals surface area contributed by atoms with Crippen LogP contribution in [0.1, 0.15) is 111 Å². The molecule has 0 aliphatic carbocycles. The summed E-state index contributed by atoms with van der Waals surface area (Å²) in [6, 6.07) is 0. The van der Waals surface area contributed by atoms with Crippen LogP contribution in [-0.2, 0) is 4.79 Å². The summed E-state index contributed by atoms with van der Waals surface area (Å²) in [6.45, 7) is 6.40. The number of hydrogen-bond donors (Lipinski definition) is 0. The zero-order valence-corrected chi connectivity index (χ0v) is 16.1. The molecule has 0 rings (SSSR count). The molecule has 0 aromatic carbocycles. The number of carbonyl (C=O) groups is 1. The number of halogens is 1. The van der Waals surface area contributed by atoms with E-state index in [0.717, 1.165) is 12.3 Å². The number of carbonyl (C=O) groups excluding carboxylic acids is 1. The molecule has 1 atom stereocenters. The molecule has 0 radical (unpaired) electrons. The standard InChI is InChI=1S/C20H39ClO/c1-18(2)16-14-12-10-8-6-4-5-7-9-11-13-15-17-20(22)19(3)21/h18-19H,4-17H2,1-3H3. The molecule has 0 aliphatic rings. The Morgan fingerprint density at radius 2 is 1.05 bits per heavy atom. The molecule has 2 heteroatoms. The van der Waals surface area contributed by atoms with Gasteiger partial charge in [0.15, 0.2) is 0 Å². The second kappa shape index (κ2) is 15.8. The Kier molecular flexibility index (Phi) is 15.8. The predicted octanol–water partition coefficient (Wildman–Crippen LogP) is 7.30. The van der Waals surface area contributed by atoms with E-state index < -0.39 is 0 Å². The molecule has 22 heavy (non-hydrogen) atoms. The summed E-state index contributed by atoms with van der Waals surface area (Å²) in [7, 11) is 0. The van der Waals surface area contributed by atoms with E-state index in [1.165, 1.54) is 77.0 Å². The summed E-state index contributed by atoms with van der Waals surface area (Å²) >= 11 is 5.74. The molecule has 0 aliphatic heterocycles. The first-order valence-corrected chi connectivity index (χ1v) is 10.1. The summed E-state index contributed by atoms with van der Waals surface area (Å²) in [5, 5.41) is -0.301. The predicted molar refractivity (Wildman–Crippen MR) is 99.8 cm³/mol. The van der Waals surface area contributed by atoms with Crippen molar-refractivity contribution >= 4 is 17.4 Å². The molecule has 0 heterocycles. The zero-order chi connectivity index (χ0) is 16.6. The van der Waals surface area contributed by atoms with Crippen LogP contribution in [0.5, 0.6) is 0 Å². The molecule has 0 aromatic heterocycles. The van der Waals surface area contributed by atoms with Gasteiger partial charge in [-0.1, -0.05) is 90.9 Å². The average Bonchev–Trinajstić information content (AvgIpc) is 2.46. The molecule has 132 valence electrons. The lowest BCUT2D eigenvalue weighted by Gasteiger charge is -2.05. The summed E-state index contributed by atoms with van der Waals surface area (Å²) in [5.74, 6) is 1.08. The van der Waals surface area contributed by atoms with Gasteiger partial charge < -0.3 is 0 Å². The van der Waals surface area contributed by atoms with Gasteiger partial charge in [-0.15, -0.1) is 11.6 Å². The van der Waals surface area contributed by atoms with E-state index in [9.17, 15) is 4.79 Å². The number of alkyl halides is 1. The first-order chi connectivity index (χ1) is 10.5. The van der Waals surface area contributed by atoms with Crippen molar-refractivity contribution in [3.05, 3.63) is 0 Å². The maximum atomic E-state index is 11.3. The number of hydrogen-bond acceptors (Lipinski definition) is 1. The molecular weight excluding hydrogens is 292 g/mol. The van der Waals surface area contributed by atoms with E-state index in [-0.39, 0.29) is 11.2 Å². The second-order valence-corrected chi connectivity index (χ2v) is 7.91. The Labute approximate surface area is 144 Å². The molecule has 0 saturated heterocycles. The van der Waals surface area contributed by atoms with Crippen molar-refractivity contribution in [2.45, 2.75) is 116 Å². The number of unbranched alkanes of at least 4 members (excludes halogenated alkanes) is 11. The van der Waals surface area contributed by atoms with Gasteiger partial charge in [-0.25, -0.2) is 0 Å². The van der Waals surface area contributed by atoms with E-state index in [2.05, 4.69) is 13.8 Å². The van der Waals surface area contributed by atoms with E-state index in [4.69, 9.17) is 11.6 Å². The Morgan fingerprint density at radius 1 is 0.682 bits per heavy atom. The van der Waals surface area contributed by atoms with Crippen molar-refractivity contribution in [1.29, 1.82) is 0 Å². The molecule has 1 nitrogen and oxygen atoms in total. The first-order valence-electron chi connectivity index (χ1n) is 9.70. The first kappa shape index (κ1) is 22.0. The average molecular weight is 331 g/mol. The van der Waals surface area contributed by atoms with Crippen LogP contribution >= 0.6 is 11.6 Å². The normalized spacial score (nSPS) is 12.8. The lowest BCUT2D eigenvalue weighted by atomic mass is 10.0. The fourth-order valence-corrected chi connectivity index (χ4v) is 2.93. The highest BCUT2D eigenvalue weighted by molar-refractivity contribution is 6.30. The molecule has 0 saturated carbocycles. The molecule has 0 aromatic rings. The highest BCUT2D eigenvalue weighted by Crippen LogP contribution is 2.14. The van der Waals surface area contributed by atoms with Crippen LogP contribution in [0.15, 0.2) is 0 Å². The monoisotopic (exact) mass is 330 g/mol. The van der Waals surface area contributed by atoms with Crippen LogP contribution < -0.4 is 0 Å². The minimum Gasteiger partial charge on any atom is -0.298 e. The third-order valence-corrected chi connectivity index (χ3v) is 4.64. The van der Waals surface area contributed by atoms with Crippen LogP contribution in [0.25, 0.3) is 0 Å². The minimum absolute atomic E-state index is 0.204. The lowest BCUT2D eigenvalue weighted by Crippen LogP contribution is -2.09. The Bertz CT molecular complexity index is 248. The van der Waals surface area contributed by atoms with Crippen molar-refractivity contribution in [1.82, 2.24) is 0 Å². The van der Waals surface area contributed by atoms with Crippen molar-refractivity contribution in [3.8, 4) is 0 Å². The molecule has 0 N–H and O–H groups in total. The molecule has 0 bridgehead atoms. The van der Waals surface area contributed by atoms with Crippen molar-refractivity contribution in [2.24, 2.45) is 5.92 Å². The van der Waals surface area contributed by atoms with Crippen LogP contribution in [0, 0.1) is 5.92 Å². The molecule has 0 spiro atoms. The third-order valence-electron chi connectivity index (χ3n) is 4.40. The van der Waals surface area contributed by atoms with Crippen molar-refractivity contribution in [2.75, 3.05) is 0 Å². The van der Waals surface area contributed by atoms with Gasteiger partial charge in [0, 0.05) is 6.42 Å². The van der Waals surface area contributed by atoms with E-state index in [1.54, 1.807) is 6.92 Å². The highest BCUT2D eigenvalue weighted by Gasteiger charge is 2.07. The Morgan fingerprint density at radius 3 is 1.41 bits per heavy atom. The maximum absolute atomic E-state index is 11.3. The molecule has 1 unspecified atom stereocenters. The summed E-state index contributed by atoms with van der Waals surface area (Å²) in [5.41, 5.74) is 0. The van der Waals surface area contributed by atoms with Gasteiger partial charge in [0.05, 0.1) is 5.38 Å². The quantitative estimate of drug-likeness (QED) is 0.214. The van der Waals surface area contributed by atoms with Crippen LogP contribution in [0.3, 0.4) is 0 Å². The van der Waals surface area contributed by atoms with Gasteiger partial charge in [-0.05, 0) is 19.3 Å². The number of rotatable bonds is 16. The summed E-state index contributed by atoms with van der Waals surface area (Å²) < 4.78 is 0. The van der Waals surface area contributed by atoms with Gasteiger partial charge in [0.2, 0.25) is 0 Å². The summed E-state index contributed by atoms with van der Waals surface area (Å²) in [4.78, 5) is 11.3. The number of ketones is 1. The van der Waals surface area contributed by atoms with Crippen LogP contribution in [-0.4, -0.2) is 11.2 Å². The van der Waals surface area contributed by atoms with Crippen LogP contribution in [0.4, 0.5) is 0 Å². The topological polar surface area (TPSA) is 17.1 Å². The second-order valence-electron chi connectivity index (χ2n) is 7.26. The molecule has 0 fully saturated rings. The van der Waals surface area contributed by atoms with E-state index in [1.807, 2.05) is 0 Å².